The van der Waals surface area contributed by atoms with Crippen LogP contribution in [0.5, 0.6) is 0 Å². The Labute approximate surface area is 103 Å². The maximum absolute atomic E-state index is 11.3. The van der Waals surface area contributed by atoms with Crippen molar-refractivity contribution < 1.29 is 13.5 Å². The summed E-state index contributed by atoms with van der Waals surface area (Å²) in [6.07, 6.45) is 2.83. The number of hydrogen-bond acceptors (Lipinski definition) is 4. The molecule has 1 rings (SSSR count). The summed E-state index contributed by atoms with van der Waals surface area (Å²) < 4.78 is 22.5. The van der Waals surface area contributed by atoms with Crippen LogP contribution in [0.3, 0.4) is 0 Å². The van der Waals surface area contributed by atoms with Crippen LogP contribution in [0.15, 0.2) is 29.2 Å². The first-order chi connectivity index (χ1) is 7.93. The van der Waals surface area contributed by atoms with Gasteiger partial charge in [-0.05, 0) is 44.0 Å². The quantitative estimate of drug-likeness (QED) is 0.813. The van der Waals surface area contributed by atoms with Gasteiger partial charge in [-0.3, -0.25) is 0 Å². The topological polar surface area (TPSA) is 66.4 Å². The van der Waals surface area contributed by atoms with Gasteiger partial charge in [-0.1, -0.05) is 0 Å². The molecule has 1 aromatic rings. The zero-order chi connectivity index (χ0) is 12.9. The van der Waals surface area contributed by atoms with E-state index in [1.54, 1.807) is 24.3 Å². The predicted octanol–water partition coefficient (Wildman–Crippen LogP) is 1.66. The third-order valence-corrected chi connectivity index (χ3v) is 3.62. The Morgan fingerprint density at radius 2 is 1.88 bits per heavy atom. The van der Waals surface area contributed by atoms with Crippen molar-refractivity contribution in [1.82, 2.24) is 0 Å². The molecule has 0 aliphatic carbocycles. The lowest BCUT2D eigenvalue weighted by atomic mass is 10.2. The summed E-state index contributed by atoms with van der Waals surface area (Å²) in [5.41, 5.74) is 0.892. The Balaban J connectivity index is 2.63. The van der Waals surface area contributed by atoms with Gasteiger partial charge in [0.15, 0.2) is 9.84 Å². The standard InChI is InChI=1S/C12H19NO3S/c1-10(4-3-9-14)13-11-5-7-12(8-6-11)17(2,15)16/h5-8,10,13-14H,3-4,9H2,1-2H3. The third kappa shape index (κ3) is 4.75. The fourth-order valence-corrected chi connectivity index (χ4v) is 2.18. The molecule has 0 radical (unpaired) electrons. The Kier molecular flexibility index (Phi) is 4.96. The lowest BCUT2D eigenvalue weighted by molar-refractivity contribution is 0.282. The van der Waals surface area contributed by atoms with E-state index in [2.05, 4.69) is 5.32 Å². The second kappa shape index (κ2) is 6.02. The lowest BCUT2D eigenvalue weighted by Crippen LogP contribution is -2.15. The maximum atomic E-state index is 11.3. The number of rotatable bonds is 6. The average molecular weight is 257 g/mol. The van der Waals surface area contributed by atoms with E-state index in [1.807, 2.05) is 6.92 Å². The summed E-state index contributed by atoms with van der Waals surface area (Å²) in [4.78, 5) is 0.325. The second-order valence-electron chi connectivity index (χ2n) is 4.21. The van der Waals surface area contributed by atoms with Gasteiger partial charge in [0, 0.05) is 24.6 Å². The number of aliphatic hydroxyl groups excluding tert-OH is 1. The van der Waals surface area contributed by atoms with Crippen LogP contribution >= 0.6 is 0 Å². The smallest absolute Gasteiger partial charge is 0.175 e. The number of benzene rings is 1. The van der Waals surface area contributed by atoms with Gasteiger partial charge >= 0.3 is 0 Å². The maximum Gasteiger partial charge on any atom is 0.175 e. The molecule has 0 aliphatic heterocycles. The molecule has 0 spiro atoms. The fourth-order valence-electron chi connectivity index (χ4n) is 1.55. The lowest BCUT2D eigenvalue weighted by Gasteiger charge is -2.14. The van der Waals surface area contributed by atoms with Gasteiger partial charge in [0.1, 0.15) is 0 Å². The third-order valence-electron chi connectivity index (χ3n) is 2.49. The summed E-state index contributed by atoms with van der Waals surface area (Å²) in [5, 5.41) is 12.0. The Morgan fingerprint density at radius 3 is 2.35 bits per heavy atom. The second-order valence-corrected chi connectivity index (χ2v) is 6.22. The molecular weight excluding hydrogens is 238 g/mol. The van der Waals surface area contributed by atoms with Crippen LogP contribution in [0, 0.1) is 0 Å². The van der Waals surface area contributed by atoms with Crippen LogP contribution in [0.4, 0.5) is 5.69 Å². The molecule has 1 unspecified atom stereocenters. The van der Waals surface area contributed by atoms with Gasteiger partial charge in [-0.25, -0.2) is 8.42 Å². The summed E-state index contributed by atoms with van der Waals surface area (Å²) in [5.74, 6) is 0. The monoisotopic (exact) mass is 257 g/mol. The van der Waals surface area contributed by atoms with Crippen LogP contribution in [-0.2, 0) is 9.84 Å². The molecule has 1 aromatic carbocycles. The first kappa shape index (κ1) is 14.0. The first-order valence-electron chi connectivity index (χ1n) is 5.61. The molecule has 4 nitrogen and oxygen atoms in total. The molecule has 0 aliphatic rings. The van der Waals surface area contributed by atoms with E-state index in [1.165, 1.54) is 6.26 Å². The van der Waals surface area contributed by atoms with Crippen LogP contribution < -0.4 is 5.32 Å². The van der Waals surface area contributed by atoms with Crippen molar-refractivity contribution in [1.29, 1.82) is 0 Å². The molecule has 96 valence electrons. The highest BCUT2D eigenvalue weighted by Crippen LogP contribution is 2.15. The van der Waals surface area contributed by atoms with E-state index in [0.717, 1.165) is 18.5 Å². The normalized spacial score (nSPS) is 13.4. The molecule has 0 saturated heterocycles. The number of anilines is 1. The van der Waals surface area contributed by atoms with E-state index in [-0.39, 0.29) is 12.6 Å². The number of hydrogen-bond donors (Lipinski definition) is 2. The van der Waals surface area contributed by atoms with Gasteiger partial charge in [-0.2, -0.15) is 0 Å². The minimum atomic E-state index is -3.12. The molecule has 1 atom stereocenters. The van der Waals surface area contributed by atoms with Crippen molar-refractivity contribution in [2.24, 2.45) is 0 Å². The molecule has 0 heterocycles. The fraction of sp³-hybridized carbons (Fsp3) is 0.500. The highest BCUT2D eigenvalue weighted by atomic mass is 32.2. The first-order valence-corrected chi connectivity index (χ1v) is 7.50. The molecule has 5 heteroatoms. The Morgan fingerprint density at radius 1 is 1.29 bits per heavy atom. The minimum Gasteiger partial charge on any atom is -0.396 e. The number of sulfone groups is 1. The molecule has 2 N–H and O–H groups in total. The zero-order valence-electron chi connectivity index (χ0n) is 10.2. The van der Waals surface area contributed by atoms with Crippen molar-refractivity contribution >= 4 is 15.5 Å². The van der Waals surface area contributed by atoms with Crippen LogP contribution in [-0.4, -0.2) is 32.4 Å². The van der Waals surface area contributed by atoms with Gasteiger partial charge in [0.05, 0.1) is 4.90 Å². The van der Waals surface area contributed by atoms with Crippen LogP contribution in [0.1, 0.15) is 19.8 Å². The van der Waals surface area contributed by atoms with Gasteiger partial charge in [0.25, 0.3) is 0 Å². The molecule has 17 heavy (non-hydrogen) atoms. The van der Waals surface area contributed by atoms with Gasteiger partial charge < -0.3 is 10.4 Å². The molecule has 0 bridgehead atoms. The van der Waals surface area contributed by atoms with Crippen LogP contribution in [0.2, 0.25) is 0 Å². The highest BCUT2D eigenvalue weighted by molar-refractivity contribution is 7.90. The Hall–Kier alpha value is -1.07. The SMILES string of the molecule is CC(CCCO)Nc1ccc(S(C)(=O)=O)cc1. The minimum absolute atomic E-state index is 0.193. The Bertz CT molecular complexity index is 439. The van der Waals surface area contributed by atoms with Gasteiger partial charge in [-0.15, -0.1) is 0 Å². The summed E-state index contributed by atoms with van der Waals surface area (Å²) in [7, 11) is -3.12. The summed E-state index contributed by atoms with van der Waals surface area (Å²) in [6.45, 7) is 2.22. The molecule has 0 saturated carbocycles. The van der Waals surface area contributed by atoms with E-state index in [9.17, 15) is 8.42 Å². The number of nitrogens with one attached hydrogen (secondary N) is 1. The molecule has 0 amide bonds. The van der Waals surface area contributed by atoms with Gasteiger partial charge in [0.2, 0.25) is 0 Å². The van der Waals surface area contributed by atoms with E-state index < -0.39 is 9.84 Å². The van der Waals surface area contributed by atoms with Crippen molar-refractivity contribution in [3.8, 4) is 0 Å². The summed E-state index contributed by atoms with van der Waals surface area (Å²) >= 11 is 0. The average Bonchev–Trinajstić information content (AvgIpc) is 2.26. The van der Waals surface area contributed by atoms with Crippen LogP contribution in [0.25, 0.3) is 0 Å². The largest absolute Gasteiger partial charge is 0.396 e. The molecule has 0 fully saturated rings. The van der Waals surface area contributed by atoms with E-state index >= 15 is 0 Å². The van der Waals surface area contributed by atoms with Crippen molar-refractivity contribution in [2.75, 3.05) is 18.2 Å². The molecule has 0 aromatic heterocycles. The van der Waals surface area contributed by atoms with E-state index in [0.29, 0.717) is 4.90 Å². The molecular formula is C12H19NO3S. The van der Waals surface area contributed by atoms with Crippen molar-refractivity contribution in [3.63, 3.8) is 0 Å². The van der Waals surface area contributed by atoms with Crippen molar-refractivity contribution in [2.45, 2.75) is 30.7 Å². The highest BCUT2D eigenvalue weighted by Gasteiger charge is 2.07. The van der Waals surface area contributed by atoms with Crippen molar-refractivity contribution in [3.05, 3.63) is 24.3 Å². The van der Waals surface area contributed by atoms with E-state index in [4.69, 9.17) is 5.11 Å². The summed E-state index contributed by atoms with van der Waals surface area (Å²) in [6, 6.07) is 6.95. The zero-order valence-corrected chi connectivity index (χ0v) is 11.0. The predicted molar refractivity (Wildman–Crippen MR) is 69.0 cm³/mol. The number of aliphatic hydroxyl groups is 1.